The lowest BCUT2D eigenvalue weighted by molar-refractivity contribution is 0.142. The van der Waals surface area contributed by atoms with E-state index in [0.717, 1.165) is 13.2 Å². The normalized spacial score (nSPS) is 27.9. The van der Waals surface area contributed by atoms with Gasteiger partial charge in [0.2, 0.25) is 0 Å². The van der Waals surface area contributed by atoms with Gasteiger partial charge in [0.1, 0.15) is 0 Å². The van der Waals surface area contributed by atoms with Crippen molar-refractivity contribution >= 4 is 0 Å². The summed E-state index contributed by atoms with van der Waals surface area (Å²) in [5, 5.41) is 3.69. The topological polar surface area (TPSA) is 24.5 Å². The summed E-state index contributed by atoms with van der Waals surface area (Å²) in [4.78, 5) is 2.63. The van der Waals surface area contributed by atoms with Gasteiger partial charge in [-0.05, 0) is 64.7 Å². The maximum absolute atomic E-state index is 5.48. The number of hydrogen-bond acceptors (Lipinski definition) is 3. The Hall–Kier alpha value is -0.120. The minimum absolute atomic E-state index is 0.707. The van der Waals surface area contributed by atoms with Crippen molar-refractivity contribution in [1.29, 1.82) is 0 Å². The molecule has 3 nitrogen and oxygen atoms in total. The van der Waals surface area contributed by atoms with E-state index in [0.29, 0.717) is 6.04 Å². The molecule has 0 amide bonds. The molecule has 2 fully saturated rings. The van der Waals surface area contributed by atoms with E-state index in [1.807, 2.05) is 0 Å². The van der Waals surface area contributed by atoms with E-state index >= 15 is 0 Å². The summed E-state index contributed by atoms with van der Waals surface area (Å²) in [6.07, 6.45) is 9.28. The van der Waals surface area contributed by atoms with Crippen LogP contribution >= 0.6 is 0 Å². The molecule has 1 unspecified atom stereocenters. The van der Waals surface area contributed by atoms with E-state index in [4.69, 9.17) is 4.74 Å². The van der Waals surface area contributed by atoms with Crippen LogP contribution in [0.5, 0.6) is 0 Å². The van der Waals surface area contributed by atoms with Crippen LogP contribution in [0.25, 0.3) is 0 Å². The van der Waals surface area contributed by atoms with E-state index in [9.17, 15) is 0 Å². The second-order valence-electron chi connectivity index (χ2n) is 5.45. The second-order valence-corrected chi connectivity index (χ2v) is 5.45. The number of hydrogen-bond donors (Lipinski definition) is 1. The number of ether oxygens (including phenoxy) is 1. The molecule has 2 rings (SSSR count). The molecule has 1 atom stereocenters. The van der Waals surface area contributed by atoms with Crippen LogP contribution in [0, 0.1) is 0 Å². The molecule has 1 N–H and O–H groups in total. The number of nitrogens with one attached hydrogen (secondary N) is 1. The van der Waals surface area contributed by atoms with Crippen molar-refractivity contribution in [1.82, 2.24) is 10.2 Å². The first-order valence-corrected chi connectivity index (χ1v) is 7.48. The molecule has 0 radical (unpaired) electrons. The zero-order valence-electron chi connectivity index (χ0n) is 11.1. The summed E-state index contributed by atoms with van der Waals surface area (Å²) in [5.74, 6) is 0. The molecule has 2 aliphatic heterocycles. The molecule has 3 heteroatoms. The van der Waals surface area contributed by atoms with Crippen molar-refractivity contribution in [3.05, 3.63) is 0 Å². The molecule has 2 saturated heterocycles. The fourth-order valence-corrected chi connectivity index (χ4v) is 2.90. The van der Waals surface area contributed by atoms with Gasteiger partial charge in [-0.3, -0.25) is 0 Å². The van der Waals surface area contributed by atoms with E-state index in [1.54, 1.807) is 0 Å². The van der Waals surface area contributed by atoms with Crippen molar-refractivity contribution in [3.8, 4) is 0 Å². The van der Waals surface area contributed by atoms with Crippen molar-refractivity contribution in [2.75, 3.05) is 39.4 Å². The molecule has 0 saturated carbocycles. The fourth-order valence-electron chi connectivity index (χ4n) is 2.90. The highest BCUT2D eigenvalue weighted by molar-refractivity contribution is 4.70. The molecular weight excluding hydrogens is 212 g/mol. The summed E-state index contributed by atoms with van der Waals surface area (Å²) < 4.78 is 5.48. The van der Waals surface area contributed by atoms with Crippen molar-refractivity contribution in [2.24, 2.45) is 0 Å². The van der Waals surface area contributed by atoms with E-state index in [2.05, 4.69) is 10.2 Å². The minimum Gasteiger partial charge on any atom is -0.381 e. The van der Waals surface area contributed by atoms with Crippen LogP contribution in [-0.2, 0) is 4.74 Å². The van der Waals surface area contributed by atoms with Crippen LogP contribution in [0.15, 0.2) is 0 Å². The average Bonchev–Trinajstić information content (AvgIpc) is 2.65. The predicted octanol–water partition coefficient (Wildman–Crippen LogP) is 2.02. The third kappa shape index (κ3) is 5.36. The van der Waals surface area contributed by atoms with Crippen LogP contribution < -0.4 is 5.32 Å². The molecule has 0 aliphatic carbocycles. The number of rotatable bonds is 5. The lowest BCUT2D eigenvalue weighted by Gasteiger charge is -2.26. The quantitative estimate of drug-likeness (QED) is 0.744. The largest absolute Gasteiger partial charge is 0.381 e. The SMILES string of the molecule is C1CCN(CCCNC2CCCOCC2)CC1. The second kappa shape index (κ2) is 8.06. The van der Waals surface area contributed by atoms with Crippen LogP contribution in [0.4, 0.5) is 0 Å². The summed E-state index contributed by atoms with van der Waals surface area (Å²) in [6.45, 7) is 7.04. The van der Waals surface area contributed by atoms with Gasteiger partial charge in [-0.15, -0.1) is 0 Å². The molecule has 100 valence electrons. The highest BCUT2D eigenvalue weighted by Crippen LogP contribution is 2.10. The Morgan fingerprint density at radius 3 is 2.76 bits per heavy atom. The van der Waals surface area contributed by atoms with Gasteiger partial charge in [-0.2, -0.15) is 0 Å². The van der Waals surface area contributed by atoms with Crippen LogP contribution in [-0.4, -0.2) is 50.3 Å². The van der Waals surface area contributed by atoms with Gasteiger partial charge in [-0.25, -0.2) is 0 Å². The van der Waals surface area contributed by atoms with E-state index in [-0.39, 0.29) is 0 Å². The monoisotopic (exact) mass is 240 g/mol. The molecule has 0 bridgehead atoms. The Kier molecular flexibility index (Phi) is 6.32. The van der Waals surface area contributed by atoms with Gasteiger partial charge in [0.05, 0.1) is 0 Å². The zero-order valence-corrected chi connectivity index (χ0v) is 11.1. The standard InChI is InChI=1S/C14H28N2O/c1-2-9-16(10-3-1)11-5-8-15-14-6-4-12-17-13-7-14/h14-15H,1-13H2. The summed E-state index contributed by atoms with van der Waals surface area (Å²) in [7, 11) is 0. The fraction of sp³-hybridized carbons (Fsp3) is 1.00. The molecule has 17 heavy (non-hydrogen) atoms. The van der Waals surface area contributed by atoms with E-state index in [1.165, 1.54) is 71.1 Å². The molecule has 0 aromatic carbocycles. The molecule has 0 aromatic heterocycles. The minimum atomic E-state index is 0.707. The highest BCUT2D eigenvalue weighted by atomic mass is 16.5. The lowest BCUT2D eigenvalue weighted by Crippen LogP contribution is -2.35. The highest BCUT2D eigenvalue weighted by Gasteiger charge is 2.12. The number of nitrogens with zero attached hydrogens (tertiary/aromatic N) is 1. The number of piperidine rings is 1. The van der Waals surface area contributed by atoms with Gasteiger partial charge in [0.15, 0.2) is 0 Å². The Balaban J connectivity index is 1.49. The zero-order chi connectivity index (χ0) is 11.8. The summed E-state index contributed by atoms with van der Waals surface area (Å²) >= 11 is 0. The first-order valence-electron chi connectivity index (χ1n) is 7.48. The first-order chi connectivity index (χ1) is 8.45. The summed E-state index contributed by atoms with van der Waals surface area (Å²) in [6, 6.07) is 0.707. The Labute approximate surface area is 106 Å². The van der Waals surface area contributed by atoms with Gasteiger partial charge in [0.25, 0.3) is 0 Å². The van der Waals surface area contributed by atoms with Crippen LogP contribution in [0.1, 0.15) is 44.9 Å². The molecule has 2 heterocycles. The Bertz CT molecular complexity index is 185. The molecular formula is C14H28N2O. The maximum Gasteiger partial charge on any atom is 0.0480 e. The van der Waals surface area contributed by atoms with Crippen molar-refractivity contribution in [2.45, 2.75) is 51.0 Å². The van der Waals surface area contributed by atoms with Gasteiger partial charge in [-0.1, -0.05) is 6.42 Å². The van der Waals surface area contributed by atoms with Crippen LogP contribution in [0.3, 0.4) is 0 Å². The third-order valence-corrected chi connectivity index (χ3v) is 3.98. The maximum atomic E-state index is 5.48. The third-order valence-electron chi connectivity index (χ3n) is 3.98. The van der Waals surface area contributed by atoms with Gasteiger partial charge in [0, 0.05) is 19.3 Å². The lowest BCUT2D eigenvalue weighted by atomic mass is 10.1. The van der Waals surface area contributed by atoms with Crippen LogP contribution in [0.2, 0.25) is 0 Å². The number of likely N-dealkylation sites (tertiary alicyclic amines) is 1. The van der Waals surface area contributed by atoms with Gasteiger partial charge >= 0.3 is 0 Å². The molecule has 0 aromatic rings. The average molecular weight is 240 g/mol. The smallest absolute Gasteiger partial charge is 0.0480 e. The Morgan fingerprint density at radius 2 is 1.88 bits per heavy atom. The predicted molar refractivity (Wildman–Crippen MR) is 71.4 cm³/mol. The molecule has 0 spiro atoms. The van der Waals surface area contributed by atoms with Crippen molar-refractivity contribution in [3.63, 3.8) is 0 Å². The molecule has 2 aliphatic rings. The van der Waals surface area contributed by atoms with Gasteiger partial charge < -0.3 is 15.0 Å². The van der Waals surface area contributed by atoms with Crippen molar-refractivity contribution < 1.29 is 4.74 Å². The first kappa shape index (κ1) is 13.3. The Morgan fingerprint density at radius 1 is 1.00 bits per heavy atom. The summed E-state index contributed by atoms with van der Waals surface area (Å²) in [5.41, 5.74) is 0. The van der Waals surface area contributed by atoms with E-state index < -0.39 is 0 Å².